The van der Waals surface area contributed by atoms with Crippen LogP contribution < -0.4 is 14.8 Å². The average Bonchev–Trinajstić information content (AvgIpc) is 2.60. The second-order valence-corrected chi connectivity index (χ2v) is 6.70. The van der Waals surface area contributed by atoms with E-state index in [2.05, 4.69) is 21.2 Å². The summed E-state index contributed by atoms with van der Waals surface area (Å²) in [6.07, 6.45) is 0. The van der Waals surface area contributed by atoms with Crippen LogP contribution in [-0.4, -0.2) is 24.2 Å². The van der Waals surface area contributed by atoms with E-state index in [0.29, 0.717) is 29.7 Å². The van der Waals surface area contributed by atoms with Crippen LogP contribution >= 0.6 is 27.5 Å². The smallest absolute Gasteiger partial charge is 0.320 e. The first-order valence-electron chi connectivity index (χ1n) is 7.61. The van der Waals surface area contributed by atoms with E-state index in [1.54, 1.807) is 32.2 Å². The molecule has 7 heteroatoms. The van der Waals surface area contributed by atoms with E-state index in [1.807, 2.05) is 18.2 Å². The van der Waals surface area contributed by atoms with Crippen LogP contribution in [0.3, 0.4) is 0 Å². The Labute approximate surface area is 160 Å². The molecule has 5 nitrogen and oxygen atoms in total. The van der Waals surface area contributed by atoms with Gasteiger partial charge in [0.1, 0.15) is 12.6 Å². The molecule has 1 atom stereocenters. The highest BCUT2D eigenvalue weighted by atomic mass is 79.9. The van der Waals surface area contributed by atoms with E-state index in [0.717, 1.165) is 15.6 Å². The Morgan fingerprint density at radius 3 is 2.56 bits per heavy atom. The predicted molar refractivity (Wildman–Crippen MR) is 100 cm³/mol. The molecule has 0 aliphatic carbocycles. The average molecular weight is 429 g/mol. The fraction of sp³-hybridized carbons (Fsp3) is 0.278. The Morgan fingerprint density at radius 2 is 1.96 bits per heavy atom. The van der Waals surface area contributed by atoms with Gasteiger partial charge in [0.25, 0.3) is 0 Å². The second-order valence-electron chi connectivity index (χ2n) is 5.41. The molecule has 2 N–H and O–H groups in total. The van der Waals surface area contributed by atoms with Gasteiger partial charge in [0.05, 0.1) is 7.11 Å². The van der Waals surface area contributed by atoms with Crippen LogP contribution in [0.15, 0.2) is 40.9 Å². The number of aliphatic carboxylic acids is 1. The molecule has 2 rings (SSSR count). The van der Waals surface area contributed by atoms with E-state index in [-0.39, 0.29) is 0 Å². The maximum absolute atomic E-state index is 11.0. The lowest BCUT2D eigenvalue weighted by Gasteiger charge is -2.18. The van der Waals surface area contributed by atoms with Gasteiger partial charge in [-0.15, -0.1) is 0 Å². The molecular formula is C18H19BrClNO4. The summed E-state index contributed by atoms with van der Waals surface area (Å²) in [4.78, 5) is 11.0. The van der Waals surface area contributed by atoms with Gasteiger partial charge in [0.2, 0.25) is 0 Å². The number of carboxylic acids is 1. The summed E-state index contributed by atoms with van der Waals surface area (Å²) in [5.74, 6) is 0.233. The number of carboxylic acid groups (broad SMARTS) is 1. The fourth-order valence-electron chi connectivity index (χ4n) is 2.14. The maximum Gasteiger partial charge on any atom is 0.320 e. The molecule has 0 spiro atoms. The highest BCUT2D eigenvalue weighted by Gasteiger charge is 2.17. The summed E-state index contributed by atoms with van der Waals surface area (Å²) in [6.45, 7) is 2.25. The molecule has 0 fully saturated rings. The van der Waals surface area contributed by atoms with Crippen molar-refractivity contribution in [3.63, 3.8) is 0 Å². The quantitative estimate of drug-likeness (QED) is 0.658. The number of benzene rings is 2. The second kappa shape index (κ2) is 9.08. The van der Waals surface area contributed by atoms with Crippen molar-refractivity contribution in [2.45, 2.75) is 26.1 Å². The van der Waals surface area contributed by atoms with Crippen LogP contribution in [-0.2, 0) is 17.9 Å². The van der Waals surface area contributed by atoms with Gasteiger partial charge in [-0.1, -0.05) is 39.7 Å². The molecule has 134 valence electrons. The van der Waals surface area contributed by atoms with Crippen molar-refractivity contribution in [1.29, 1.82) is 0 Å². The molecule has 1 unspecified atom stereocenters. The SMILES string of the molecule is COc1ccc(Br)c(CNC(C)C(=O)O)c1OCc1ccc(Cl)cc1. The van der Waals surface area contributed by atoms with E-state index in [4.69, 9.17) is 26.2 Å². The molecule has 0 saturated heterocycles. The summed E-state index contributed by atoms with van der Waals surface area (Å²) in [5, 5.41) is 12.7. The molecule has 0 heterocycles. The Bertz CT molecular complexity index is 737. The van der Waals surface area contributed by atoms with Crippen LogP contribution in [0, 0.1) is 0 Å². The van der Waals surface area contributed by atoms with Crippen molar-refractivity contribution >= 4 is 33.5 Å². The molecule has 2 aromatic carbocycles. The van der Waals surface area contributed by atoms with Crippen molar-refractivity contribution in [3.05, 3.63) is 57.0 Å². The molecule has 0 bridgehead atoms. The third kappa shape index (κ3) is 5.36. The molecule has 0 amide bonds. The van der Waals surface area contributed by atoms with Crippen LogP contribution in [0.2, 0.25) is 5.02 Å². The normalized spacial score (nSPS) is 11.8. The van der Waals surface area contributed by atoms with Gasteiger partial charge in [-0.25, -0.2) is 0 Å². The summed E-state index contributed by atoms with van der Waals surface area (Å²) >= 11 is 9.39. The third-order valence-corrected chi connectivity index (χ3v) is 4.63. The van der Waals surface area contributed by atoms with Crippen molar-refractivity contribution in [3.8, 4) is 11.5 Å². The summed E-state index contributed by atoms with van der Waals surface area (Å²) in [7, 11) is 1.56. The predicted octanol–water partition coefficient (Wildman–Crippen LogP) is 4.25. The van der Waals surface area contributed by atoms with Crippen LogP contribution in [0.25, 0.3) is 0 Å². The lowest BCUT2D eigenvalue weighted by atomic mass is 10.1. The first-order chi connectivity index (χ1) is 11.9. The largest absolute Gasteiger partial charge is 0.493 e. The Balaban J connectivity index is 2.22. The number of nitrogens with one attached hydrogen (secondary N) is 1. The standard InChI is InChI=1S/C18H19BrClNO4/c1-11(18(22)23)21-9-14-15(19)7-8-16(24-2)17(14)25-10-12-3-5-13(20)6-4-12/h3-8,11,21H,9-10H2,1-2H3,(H,22,23). The zero-order chi connectivity index (χ0) is 18.4. The fourth-order valence-corrected chi connectivity index (χ4v) is 2.72. The van der Waals surface area contributed by atoms with Crippen molar-refractivity contribution < 1.29 is 19.4 Å². The number of methoxy groups -OCH3 is 1. The van der Waals surface area contributed by atoms with Crippen LogP contribution in [0.1, 0.15) is 18.1 Å². The Morgan fingerprint density at radius 1 is 1.28 bits per heavy atom. The molecule has 0 aliphatic rings. The lowest BCUT2D eigenvalue weighted by Crippen LogP contribution is -2.33. The van der Waals surface area contributed by atoms with Gasteiger partial charge in [0.15, 0.2) is 11.5 Å². The minimum atomic E-state index is -0.914. The van der Waals surface area contributed by atoms with Gasteiger partial charge in [-0.3, -0.25) is 4.79 Å². The van der Waals surface area contributed by atoms with E-state index in [9.17, 15) is 4.79 Å². The van der Waals surface area contributed by atoms with Crippen LogP contribution in [0.5, 0.6) is 11.5 Å². The topological polar surface area (TPSA) is 67.8 Å². The van der Waals surface area contributed by atoms with Gasteiger partial charge >= 0.3 is 5.97 Å². The minimum Gasteiger partial charge on any atom is -0.493 e. The lowest BCUT2D eigenvalue weighted by molar-refractivity contribution is -0.139. The highest BCUT2D eigenvalue weighted by Crippen LogP contribution is 2.37. The number of ether oxygens (including phenoxy) is 2. The number of hydrogen-bond donors (Lipinski definition) is 2. The zero-order valence-corrected chi connectivity index (χ0v) is 16.2. The Kier molecular flexibility index (Phi) is 7.11. The summed E-state index contributed by atoms with van der Waals surface area (Å²) < 4.78 is 12.2. The molecule has 25 heavy (non-hydrogen) atoms. The van der Waals surface area contributed by atoms with Gasteiger partial charge in [-0.2, -0.15) is 0 Å². The Hall–Kier alpha value is -1.76. The molecule has 0 radical (unpaired) electrons. The summed E-state index contributed by atoms with van der Waals surface area (Å²) in [6, 6.07) is 10.3. The van der Waals surface area contributed by atoms with Crippen LogP contribution in [0.4, 0.5) is 0 Å². The van der Waals surface area contributed by atoms with Gasteiger partial charge < -0.3 is 19.9 Å². The van der Waals surface area contributed by atoms with Crippen molar-refractivity contribution in [1.82, 2.24) is 5.32 Å². The minimum absolute atomic E-state index is 0.321. The number of rotatable bonds is 8. The van der Waals surface area contributed by atoms with E-state index in [1.165, 1.54) is 0 Å². The number of carbonyl (C=O) groups is 1. The highest BCUT2D eigenvalue weighted by molar-refractivity contribution is 9.10. The van der Waals surface area contributed by atoms with E-state index >= 15 is 0 Å². The maximum atomic E-state index is 11.0. The summed E-state index contributed by atoms with van der Waals surface area (Å²) in [5.41, 5.74) is 1.76. The monoisotopic (exact) mass is 427 g/mol. The molecule has 0 aliphatic heterocycles. The van der Waals surface area contributed by atoms with Crippen molar-refractivity contribution in [2.24, 2.45) is 0 Å². The molecular weight excluding hydrogens is 410 g/mol. The number of halogens is 2. The first kappa shape index (κ1) is 19.6. The van der Waals surface area contributed by atoms with Gasteiger partial charge in [0, 0.05) is 21.6 Å². The van der Waals surface area contributed by atoms with E-state index < -0.39 is 12.0 Å². The molecule has 0 aromatic heterocycles. The third-order valence-electron chi connectivity index (χ3n) is 3.64. The first-order valence-corrected chi connectivity index (χ1v) is 8.78. The zero-order valence-electron chi connectivity index (χ0n) is 13.9. The number of hydrogen-bond acceptors (Lipinski definition) is 4. The van der Waals surface area contributed by atoms with Gasteiger partial charge in [-0.05, 0) is 36.8 Å². The molecule has 2 aromatic rings. The van der Waals surface area contributed by atoms with Crippen molar-refractivity contribution in [2.75, 3.05) is 7.11 Å². The molecule has 0 saturated carbocycles.